The molecule has 0 spiro atoms. The van der Waals surface area contributed by atoms with Crippen LogP contribution in [0.3, 0.4) is 0 Å². The molecule has 1 aromatic carbocycles. The summed E-state index contributed by atoms with van der Waals surface area (Å²) in [5.41, 5.74) is 7.91. The third-order valence-corrected chi connectivity index (χ3v) is 3.36. The van der Waals surface area contributed by atoms with Crippen LogP contribution in [0.2, 0.25) is 0 Å². The molecule has 0 saturated carbocycles. The van der Waals surface area contributed by atoms with E-state index in [2.05, 4.69) is 17.2 Å². The van der Waals surface area contributed by atoms with E-state index in [1.807, 2.05) is 37.3 Å². The van der Waals surface area contributed by atoms with Gasteiger partial charge in [-0.25, -0.2) is 0 Å². The van der Waals surface area contributed by atoms with E-state index in [-0.39, 0.29) is 5.91 Å². The summed E-state index contributed by atoms with van der Waals surface area (Å²) < 4.78 is 0. The molecule has 0 fully saturated rings. The number of nitrogens with one attached hydrogen (secondary N) is 1. The second kappa shape index (κ2) is 6.48. The zero-order valence-electron chi connectivity index (χ0n) is 12.0. The van der Waals surface area contributed by atoms with E-state index in [0.29, 0.717) is 24.6 Å². The number of hydrogen-bond acceptors (Lipinski definition) is 3. The summed E-state index contributed by atoms with van der Waals surface area (Å²) in [7, 11) is 0. The maximum atomic E-state index is 12.3. The summed E-state index contributed by atoms with van der Waals surface area (Å²) >= 11 is 0. The van der Waals surface area contributed by atoms with Crippen LogP contribution in [0.4, 0.5) is 0 Å². The van der Waals surface area contributed by atoms with Crippen molar-refractivity contribution in [3.8, 4) is 0 Å². The second-order valence-corrected chi connectivity index (χ2v) is 5.22. The van der Waals surface area contributed by atoms with Gasteiger partial charge in [-0.2, -0.15) is 0 Å². The third-order valence-electron chi connectivity index (χ3n) is 3.36. The number of nitrogens with zero attached hydrogens (tertiary/aromatic N) is 1. The molecule has 0 aliphatic carbocycles. The Morgan fingerprint density at radius 3 is 2.90 bits per heavy atom. The highest BCUT2D eigenvalue weighted by molar-refractivity contribution is 6.06. The van der Waals surface area contributed by atoms with Gasteiger partial charge in [0.05, 0.1) is 11.1 Å². The van der Waals surface area contributed by atoms with Crippen molar-refractivity contribution in [1.29, 1.82) is 0 Å². The van der Waals surface area contributed by atoms with Gasteiger partial charge in [0.15, 0.2) is 0 Å². The number of hydrogen-bond donors (Lipinski definition) is 2. The molecule has 3 N–H and O–H groups in total. The van der Waals surface area contributed by atoms with Gasteiger partial charge in [0.2, 0.25) is 0 Å². The monoisotopic (exact) mass is 271 g/mol. The van der Waals surface area contributed by atoms with Crippen LogP contribution < -0.4 is 11.1 Å². The summed E-state index contributed by atoms with van der Waals surface area (Å²) in [5.74, 6) is 0.341. The molecule has 1 atom stereocenters. The zero-order valence-corrected chi connectivity index (χ0v) is 12.0. The van der Waals surface area contributed by atoms with Crippen LogP contribution in [0.15, 0.2) is 30.3 Å². The topological polar surface area (TPSA) is 68.0 Å². The van der Waals surface area contributed by atoms with Crippen LogP contribution in [-0.2, 0) is 0 Å². The van der Waals surface area contributed by atoms with Gasteiger partial charge >= 0.3 is 0 Å². The van der Waals surface area contributed by atoms with Gasteiger partial charge in [0, 0.05) is 17.6 Å². The van der Waals surface area contributed by atoms with Gasteiger partial charge in [-0.1, -0.05) is 25.1 Å². The van der Waals surface area contributed by atoms with Crippen molar-refractivity contribution < 1.29 is 4.79 Å². The number of rotatable bonds is 5. The molecule has 0 saturated heterocycles. The van der Waals surface area contributed by atoms with E-state index in [1.165, 1.54) is 0 Å². The number of aryl methyl sites for hydroxylation is 1. The average molecular weight is 271 g/mol. The van der Waals surface area contributed by atoms with Gasteiger partial charge in [-0.05, 0) is 37.9 Å². The quantitative estimate of drug-likeness (QED) is 0.876. The predicted molar refractivity (Wildman–Crippen MR) is 81.6 cm³/mol. The highest BCUT2D eigenvalue weighted by Gasteiger charge is 2.12. The number of para-hydroxylation sites is 1. The Kier molecular flexibility index (Phi) is 4.69. The number of nitrogens with two attached hydrogens (primary N) is 1. The van der Waals surface area contributed by atoms with Gasteiger partial charge in [0.1, 0.15) is 0 Å². The largest absolute Gasteiger partial charge is 0.352 e. The first-order chi connectivity index (χ1) is 9.61. The lowest BCUT2D eigenvalue weighted by molar-refractivity contribution is 0.0949. The van der Waals surface area contributed by atoms with Crippen molar-refractivity contribution in [1.82, 2.24) is 10.3 Å². The Labute approximate surface area is 119 Å². The number of fused-ring (bicyclic) bond motifs is 1. The van der Waals surface area contributed by atoms with Crippen molar-refractivity contribution in [3.05, 3.63) is 41.6 Å². The molecule has 4 heteroatoms. The smallest absolute Gasteiger partial charge is 0.252 e. The van der Waals surface area contributed by atoms with E-state index in [1.54, 1.807) is 0 Å². The van der Waals surface area contributed by atoms with Crippen LogP contribution in [0.5, 0.6) is 0 Å². The summed E-state index contributed by atoms with van der Waals surface area (Å²) in [6.07, 6.45) is 0.913. The first-order valence-electron chi connectivity index (χ1n) is 6.96. The number of benzene rings is 1. The highest BCUT2D eigenvalue weighted by Crippen LogP contribution is 2.18. The van der Waals surface area contributed by atoms with E-state index < -0.39 is 0 Å². The molecule has 2 aromatic rings. The minimum absolute atomic E-state index is 0.0458. The molecular formula is C16H21N3O. The highest BCUT2D eigenvalue weighted by atomic mass is 16.1. The molecular weight excluding hydrogens is 250 g/mol. The van der Waals surface area contributed by atoms with E-state index in [9.17, 15) is 4.79 Å². The number of carbonyl (C=O) groups is 1. The number of carbonyl (C=O) groups excluding carboxylic acids is 1. The predicted octanol–water partition coefficient (Wildman–Crippen LogP) is 2.26. The molecule has 0 radical (unpaired) electrons. The molecule has 1 unspecified atom stereocenters. The van der Waals surface area contributed by atoms with Gasteiger partial charge in [-0.3, -0.25) is 9.78 Å². The minimum atomic E-state index is -0.0458. The fourth-order valence-corrected chi connectivity index (χ4v) is 2.24. The normalized spacial score (nSPS) is 12.3. The summed E-state index contributed by atoms with van der Waals surface area (Å²) in [6, 6.07) is 9.55. The molecule has 1 aromatic heterocycles. The number of amides is 1. The first kappa shape index (κ1) is 14.5. The standard InChI is InChI=1S/C16H21N3O/c1-11(7-8-17)10-18-16(20)14-9-12(2)19-15-6-4-3-5-13(14)15/h3-6,9,11H,7-8,10,17H2,1-2H3,(H,18,20). The Bertz CT molecular complexity index is 610. The average Bonchev–Trinajstić information content (AvgIpc) is 2.44. The van der Waals surface area contributed by atoms with Crippen LogP contribution in [0, 0.1) is 12.8 Å². The van der Waals surface area contributed by atoms with Crippen LogP contribution in [0.25, 0.3) is 10.9 Å². The maximum Gasteiger partial charge on any atom is 0.252 e. The van der Waals surface area contributed by atoms with Crippen LogP contribution in [-0.4, -0.2) is 24.0 Å². The molecule has 2 rings (SSSR count). The molecule has 0 bridgehead atoms. The van der Waals surface area contributed by atoms with Crippen molar-refractivity contribution in [2.24, 2.45) is 11.7 Å². The third kappa shape index (κ3) is 3.33. The number of aromatic nitrogens is 1. The molecule has 4 nitrogen and oxygen atoms in total. The fourth-order valence-electron chi connectivity index (χ4n) is 2.24. The second-order valence-electron chi connectivity index (χ2n) is 5.22. The van der Waals surface area contributed by atoms with Crippen molar-refractivity contribution >= 4 is 16.8 Å². The van der Waals surface area contributed by atoms with Crippen molar-refractivity contribution in [2.75, 3.05) is 13.1 Å². The lowest BCUT2D eigenvalue weighted by Crippen LogP contribution is -2.29. The first-order valence-corrected chi connectivity index (χ1v) is 6.96. The van der Waals surface area contributed by atoms with Crippen molar-refractivity contribution in [2.45, 2.75) is 20.3 Å². The summed E-state index contributed by atoms with van der Waals surface area (Å²) in [5, 5.41) is 3.87. The molecule has 20 heavy (non-hydrogen) atoms. The lowest BCUT2D eigenvalue weighted by Gasteiger charge is -2.13. The van der Waals surface area contributed by atoms with Crippen molar-refractivity contribution in [3.63, 3.8) is 0 Å². The molecule has 1 amide bonds. The molecule has 106 valence electrons. The Balaban J connectivity index is 2.21. The molecule has 0 aliphatic heterocycles. The molecule has 0 aliphatic rings. The fraction of sp³-hybridized carbons (Fsp3) is 0.375. The van der Waals surface area contributed by atoms with Crippen LogP contribution >= 0.6 is 0 Å². The summed E-state index contributed by atoms with van der Waals surface area (Å²) in [6.45, 7) is 5.28. The van der Waals surface area contributed by atoms with Crippen LogP contribution in [0.1, 0.15) is 29.4 Å². The Morgan fingerprint density at radius 1 is 1.40 bits per heavy atom. The van der Waals surface area contributed by atoms with Gasteiger partial charge in [0.25, 0.3) is 5.91 Å². The lowest BCUT2D eigenvalue weighted by atomic mass is 10.1. The van der Waals surface area contributed by atoms with Gasteiger partial charge < -0.3 is 11.1 Å². The molecule has 1 heterocycles. The van der Waals surface area contributed by atoms with Gasteiger partial charge in [-0.15, -0.1) is 0 Å². The minimum Gasteiger partial charge on any atom is -0.352 e. The van der Waals surface area contributed by atoms with E-state index in [4.69, 9.17) is 5.73 Å². The van der Waals surface area contributed by atoms with E-state index >= 15 is 0 Å². The SMILES string of the molecule is Cc1cc(C(=O)NCC(C)CCN)c2ccccc2n1. The number of pyridine rings is 1. The Hall–Kier alpha value is -1.94. The van der Waals surface area contributed by atoms with E-state index in [0.717, 1.165) is 23.0 Å². The maximum absolute atomic E-state index is 12.3. The Morgan fingerprint density at radius 2 is 2.15 bits per heavy atom. The summed E-state index contributed by atoms with van der Waals surface area (Å²) in [4.78, 5) is 16.8. The zero-order chi connectivity index (χ0) is 14.5.